The van der Waals surface area contributed by atoms with E-state index in [4.69, 9.17) is 4.74 Å². The number of ether oxygens (including phenoxy) is 1. The number of rotatable bonds is 1. The minimum atomic E-state index is -0.395. The van der Waals surface area contributed by atoms with Crippen molar-refractivity contribution in [3.8, 4) is 0 Å². The van der Waals surface area contributed by atoms with Crippen molar-refractivity contribution in [2.24, 2.45) is 0 Å². The number of amides is 1. The highest BCUT2D eigenvalue weighted by atomic mass is 16.6. The number of carbonyl (C=O) groups excluding carboxylic acids is 1. The van der Waals surface area contributed by atoms with E-state index >= 15 is 0 Å². The summed E-state index contributed by atoms with van der Waals surface area (Å²) < 4.78 is 5.51. The fourth-order valence-corrected chi connectivity index (χ4v) is 3.83. The number of carbonyl (C=O) groups is 1. The van der Waals surface area contributed by atoms with Crippen molar-refractivity contribution < 1.29 is 9.53 Å². The summed E-state index contributed by atoms with van der Waals surface area (Å²) in [6.07, 6.45) is 3.49. The fraction of sp³-hybridized carbons (Fsp3) is 0.933. The Morgan fingerprint density at radius 1 is 1.10 bits per heavy atom. The molecule has 114 valence electrons. The van der Waals surface area contributed by atoms with Crippen molar-refractivity contribution in [3.05, 3.63) is 0 Å². The fourth-order valence-electron chi connectivity index (χ4n) is 3.83. The zero-order valence-electron chi connectivity index (χ0n) is 12.9. The summed E-state index contributed by atoms with van der Waals surface area (Å²) in [5, 5.41) is 3.42. The Morgan fingerprint density at radius 3 is 2.35 bits per heavy atom. The van der Waals surface area contributed by atoms with Gasteiger partial charge in [0, 0.05) is 31.2 Å². The lowest BCUT2D eigenvalue weighted by atomic mass is 10.0. The molecule has 2 bridgehead atoms. The van der Waals surface area contributed by atoms with Gasteiger partial charge in [-0.15, -0.1) is 0 Å². The first-order valence-corrected chi connectivity index (χ1v) is 7.90. The highest BCUT2D eigenvalue weighted by Gasteiger charge is 2.48. The van der Waals surface area contributed by atoms with Gasteiger partial charge in [0.1, 0.15) is 5.60 Å². The number of piperazine rings is 1. The molecular weight excluding hydrogens is 254 g/mol. The zero-order chi connectivity index (χ0) is 14.3. The molecule has 0 aromatic carbocycles. The van der Waals surface area contributed by atoms with Gasteiger partial charge in [-0.3, -0.25) is 4.90 Å². The van der Waals surface area contributed by atoms with Crippen molar-refractivity contribution >= 4 is 6.09 Å². The average Bonchev–Trinajstić information content (AvgIpc) is 2.97. The second kappa shape index (κ2) is 5.19. The van der Waals surface area contributed by atoms with Crippen molar-refractivity contribution in [2.75, 3.05) is 26.2 Å². The highest BCUT2D eigenvalue weighted by molar-refractivity contribution is 5.69. The first-order valence-electron chi connectivity index (χ1n) is 7.90. The van der Waals surface area contributed by atoms with E-state index in [9.17, 15) is 4.79 Å². The Kier molecular flexibility index (Phi) is 3.67. The van der Waals surface area contributed by atoms with Crippen molar-refractivity contribution in [2.45, 2.75) is 63.8 Å². The maximum atomic E-state index is 12.2. The molecule has 1 N–H and O–H groups in total. The van der Waals surface area contributed by atoms with Gasteiger partial charge in [-0.1, -0.05) is 0 Å². The topological polar surface area (TPSA) is 44.8 Å². The molecule has 0 radical (unpaired) electrons. The van der Waals surface area contributed by atoms with E-state index in [0.29, 0.717) is 18.1 Å². The van der Waals surface area contributed by atoms with Gasteiger partial charge >= 0.3 is 6.09 Å². The summed E-state index contributed by atoms with van der Waals surface area (Å²) in [7, 11) is 0. The zero-order valence-corrected chi connectivity index (χ0v) is 12.9. The van der Waals surface area contributed by atoms with Crippen LogP contribution in [0.25, 0.3) is 0 Å². The predicted molar refractivity (Wildman–Crippen MR) is 77.7 cm³/mol. The van der Waals surface area contributed by atoms with Crippen molar-refractivity contribution in [1.82, 2.24) is 15.1 Å². The summed E-state index contributed by atoms with van der Waals surface area (Å²) in [6.45, 7) is 9.95. The molecule has 0 spiro atoms. The van der Waals surface area contributed by atoms with Crippen LogP contribution >= 0.6 is 0 Å². The average molecular weight is 281 g/mol. The summed E-state index contributed by atoms with van der Waals surface area (Å²) >= 11 is 0. The van der Waals surface area contributed by atoms with Crippen LogP contribution in [0.4, 0.5) is 4.79 Å². The van der Waals surface area contributed by atoms with Crippen molar-refractivity contribution in [1.29, 1.82) is 0 Å². The molecular formula is C15H27N3O2. The molecule has 3 aliphatic rings. The monoisotopic (exact) mass is 281 g/mol. The van der Waals surface area contributed by atoms with E-state index in [1.54, 1.807) is 0 Å². The Bertz CT molecular complexity index is 374. The second-order valence-electron chi connectivity index (χ2n) is 7.35. The molecule has 0 unspecified atom stereocenters. The molecule has 3 heterocycles. The Morgan fingerprint density at radius 2 is 1.80 bits per heavy atom. The first-order chi connectivity index (χ1) is 9.44. The minimum absolute atomic E-state index is 0.130. The third kappa shape index (κ3) is 2.79. The van der Waals surface area contributed by atoms with Gasteiger partial charge in [0.25, 0.3) is 0 Å². The molecule has 1 amide bonds. The van der Waals surface area contributed by atoms with Gasteiger partial charge in [0.15, 0.2) is 0 Å². The maximum absolute atomic E-state index is 12.2. The molecule has 0 saturated carbocycles. The molecule has 5 heteroatoms. The summed E-state index contributed by atoms with van der Waals surface area (Å²) in [6, 6.07) is 1.63. The lowest BCUT2D eigenvalue weighted by molar-refractivity contribution is 0.00736. The van der Waals surface area contributed by atoms with Crippen LogP contribution in [0, 0.1) is 0 Å². The second-order valence-corrected chi connectivity index (χ2v) is 7.35. The van der Waals surface area contributed by atoms with E-state index in [2.05, 4.69) is 10.2 Å². The number of nitrogens with one attached hydrogen (secondary N) is 1. The standard InChI is InChI=1S/C15H27N3O2/c1-15(2,3)20-14(19)18-10-12-8-13(18)9-17(12)11-4-6-16-7-5-11/h11-13,16H,4-10H2,1-3H3/t12-,13-/m0/s1. The number of piperidine rings is 1. The third-order valence-electron chi connectivity index (χ3n) is 4.69. The van der Waals surface area contributed by atoms with Crippen molar-refractivity contribution in [3.63, 3.8) is 0 Å². The largest absolute Gasteiger partial charge is 0.444 e. The number of nitrogens with zero attached hydrogens (tertiary/aromatic N) is 2. The Labute approximate surface area is 121 Å². The van der Waals surface area contributed by atoms with E-state index in [1.807, 2.05) is 25.7 Å². The van der Waals surface area contributed by atoms with Crippen LogP contribution in [0.2, 0.25) is 0 Å². The molecule has 0 aromatic heterocycles. The van der Waals surface area contributed by atoms with Gasteiger partial charge in [0.05, 0.1) is 0 Å². The number of hydrogen-bond acceptors (Lipinski definition) is 4. The summed E-state index contributed by atoms with van der Waals surface area (Å²) in [4.78, 5) is 16.8. The lowest BCUT2D eigenvalue weighted by Crippen LogP contribution is -2.54. The number of fused-ring (bicyclic) bond motifs is 2. The molecule has 0 aliphatic carbocycles. The third-order valence-corrected chi connectivity index (χ3v) is 4.69. The van der Waals surface area contributed by atoms with E-state index in [-0.39, 0.29) is 6.09 Å². The normalized spacial score (nSPS) is 31.9. The van der Waals surface area contributed by atoms with Gasteiger partial charge in [-0.05, 0) is 53.1 Å². The van der Waals surface area contributed by atoms with E-state index < -0.39 is 5.60 Å². The smallest absolute Gasteiger partial charge is 0.410 e. The first kappa shape index (κ1) is 14.1. The molecule has 3 saturated heterocycles. The van der Waals surface area contributed by atoms with E-state index in [1.165, 1.54) is 12.8 Å². The molecule has 3 rings (SSSR count). The van der Waals surface area contributed by atoms with Gasteiger partial charge in [0.2, 0.25) is 0 Å². The molecule has 0 aromatic rings. The predicted octanol–water partition coefficient (Wildman–Crippen LogP) is 1.43. The molecule has 20 heavy (non-hydrogen) atoms. The van der Waals surface area contributed by atoms with Crippen LogP contribution in [0.1, 0.15) is 40.0 Å². The highest BCUT2D eigenvalue weighted by Crippen LogP contribution is 2.34. The van der Waals surface area contributed by atoms with Crippen LogP contribution in [0.15, 0.2) is 0 Å². The summed E-state index contributed by atoms with van der Waals surface area (Å²) in [5.74, 6) is 0. The van der Waals surface area contributed by atoms with Crippen LogP contribution in [-0.4, -0.2) is 65.8 Å². The SMILES string of the molecule is CC(C)(C)OC(=O)N1C[C@@H]2C[C@H]1CN2C1CCNCC1. The lowest BCUT2D eigenvalue weighted by Gasteiger charge is -2.40. The van der Waals surface area contributed by atoms with Crippen LogP contribution < -0.4 is 5.32 Å². The summed E-state index contributed by atoms with van der Waals surface area (Å²) in [5.41, 5.74) is -0.395. The minimum Gasteiger partial charge on any atom is -0.444 e. The number of likely N-dealkylation sites (tertiary alicyclic amines) is 2. The maximum Gasteiger partial charge on any atom is 0.410 e. The quantitative estimate of drug-likeness (QED) is 0.790. The van der Waals surface area contributed by atoms with Crippen LogP contribution in [0.3, 0.4) is 0 Å². The molecule has 3 aliphatic heterocycles. The van der Waals surface area contributed by atoms with Crippen LogP contribution in [-0.2, 0) is 4.74 Å². The molecule has 2 atom stereocenters. The molecule has 5 nitrogen and oxygen atoms in total. The van der Waals surface area contributed by atoms with Gasteiger partial charge in [-0.25, -0.2) is 4.79 Å². The van der Waals surface area contributed by atoms with Crippen LogP contribution in [0.5, 0.6) is 0 Å². The van der Waals surface area contributed by atoms with Gasteiger partial charge in [-0.2, -0.15) is 0 Å². The Hall–Kier alpha value is -0.810. The molecule has 3 fully saturated rings. The van der Waals surface area contributed by atoms with E-state index in [0.717, 1.165) is 32.6 Å². The Balaban J connectivity index is 1.57. The van der Waals surface area contributed by atoms with Gasteiger partial charge < -0.3 is 15.0 Å². The number of hydrogen-bond donors (Lipinski definition) is 1.